The second kappa shape index (κ2) is 6.61. The number of halogens is 1. The molecule has 0 aromatic heterocycles. The van der Waals surface area contributed by atoms with E-state index in [-0.39, 0.29) is 0 Å². The Balaban J connectivity index is 3.70. The van der Waals surface area contributed by atoms with Gasteiger partial charge >= 0.3 is 0 Å². The lowest BCUT2D eigenvalue weighted by molar-refractivity contribution is 0.898. The molecule has 0 N–H and O–H groups in total. The van der Waals surface area contributed by atoms with Gasteiger partial charge < -0.3 is 0 Å². The van der Waals surface area contributed by atoms with Crippen LogP contribution in [-0.4, -0.2) is 4.22 Å². The van der Waals surface area contributed by atoms with Crippen LogP contribution in [0.5, 0.6) is 0 Å². The smallest absolute Gasteiger partial charge is 0.0654 e. The van der Waals surface area contributed by atoms with E-state index in [1.807, 2.05) is 0 Å². The molecule has 0 rings (SSSR count). The number of hydrogen-bond acceptors (Lipinski definition) is 2. The lowest BCUT2D eigenvalue weighted by Crippen LogP contribution is -1.74. The van der Waals surface area contributed by atoms with Crippen molar-refractivity contribution in [2.75, 3.05) is 0 Å². The Morgan fingerprint density at radius 3 is 2.78 bits per heavy atom. The molecule has 0 aromatic rings. The highest BCUT2D eigenvalue weighted by Gasteiger charge is 1.86. The van der Waals surface area contributed by atoms with E-state index in [1.165, 1.54) is 0 Å². The molecule has 0 radical (unpaired) electrons. The maximum atomic E-state index is 4.08. The predicted molar refractivity (Wildman–Crippen MR) is 54.5 cm³/mol. The van der Waals surface area contributed by atoms with E-state index in [1.54, 1.807) is 9.63 Å². The molecule has 0 aliphatic heterocycles. The Morgan fingerprint density at radius 2 is 2.44 bits per heavy atom. The summed E-state index contributed by atoms with van der Waals surface area (Å²) < 4.78 is 1.76. The minimum Gasteiger partial charge on any atom is -0.254 e. The Hall–Kier alpha value is 0.490. The average molecular weight is 255 g/mol. The molecule has 52 valence electrons. The van der Waals surface area contributed by atoms with Crippen molar-refractivity contribution in [3.8, 4) is 0 Å². The number of allylic oxidation sites excluding steroid dienone is 1. The monoisotopic (exact) mass is 255 g/mol. The second-order valence-corrected chi connectivity index (χ2v) is 2.41. The van der Waals surface area contributed by atoms with Crippen molar-refractivity contribution in [3.63, 3.8) is 0 Å². The molecule has 0 aliphatic carbocycles. The first-order valence-electron chi connectivity index (χ1n) is 2.81. The van der Waals surface area contributed by atoms with Gasteiger partial charge in [-0.25, -0.2) is 0 Å². The average Bonchev–Trinajstić information content (AvgIpc) is 1.88. The Bertz CT molecular complexity index is 120. The van der Waals surface area contributed by atoms with Gasteiger partial charge in [0.1, 0.15) is 0 Å². The lowest BCUT2D eigenvalue weighted by Gasteiger charge is -1.93. The molecule has 0 heterocycles. The lowest BCUT2D eigenvalue weighted by atomic mass is 10.3. The third-order valence-electron chi connectivity index (χ3n) is 0.870. The second-order valence-electron chi connectivity index (χ2n) is 1.60. The molecule has 9 heavy (non-hydrogen) atoms. The first-order valence-corrected chi connectivity index (χ1v) is 4.57. The van der Waals surface area contributed by atoms with E-state index in [0.717, 1.165) is 18.5 Å². The van der Waals surface area contributed by atoms with Crippen molar-refractivity contribution in [2.24, 2.45) is 4.99 Å². The van der Waals surface area contributed by atoms with Crippen LogP contribution in [0.1, 0.15) is 19.8 Å². The third kappa shape index (κ3) is 4.96. The molecule has 0 spiro atoms. The van der Waals surface area contributed by atoms with Crippen molar-refractivity contribution in [2.45, 2.75) is 19.8 Å². The van der Waals surface area contributed by atoms with Crippen LogP contribution in [0.4, 0.5) is 0 Å². The molecule has 0 amide bonds. The first-order chi connectivity index (χ1) is 4.35. The SMILES string of the molecule is CCC/C(=C/S)N=CI. The van der Waals surface area contributed by atoms with Crippen molar-refractivity contribution >= 4 is 39.4 Å². The van der Waals surface area contributed by atoms with Crippen molar-refractivity contribution in [3.05, 3.63) is 11.1 Å². The van der Waals surface area contributed by atoms with Crippen LogP contribution in [0.15, 0.2) is 16.1 Å². The number of aliphatic imine (C=N–C) groups is 1. The molecule has 0 bridgehead atoms. The fourth-order valence-corrected chi connectivity index (χ4v) is 1.03. The number of hydrogen-bond donors (Lipinski definition) is 1. The summed E-state index contributed by atoms with van der Waals surface area (Å²) in [5, 5.41) is 1.75. The maximum absolute atomic E-state index is 4.08. The quantitative estimate of drug-likeness (QED) is 0.452. The number of nitrogens with zero attached hydrogens (tertiary/aromatic N) is 1. The molecule has 0 aromatic carbocycles. The van der Waals surface area contributed by atoms with E-state index < -0.39 is 0 Å². The minimum absolute atomic E-state index is 1.02. The van der Waals surface area contributed by atoms with E-state index in [0.29, 0.717) is 0 Å². The molecule has 3 heteroatoms. The van der Waals surface area contributed by atoms with Crippen LogP contribution < -0.4 is 0 Å². The van der Waals surface area contributed by atoms with Gasteiger partial charge in [-0.15, -0.1) is 12.6 Å². The molecule has 0 atom stereocenters. The van der Waals surface area contributed by atoms with Gasteiger partial charge in [0.15, 0.2) is 0 Å². The molecule has 0 saturated carbocycles. The van der Waals surface area contributed by atoms with Gasteiger partial charge in [-0.2, -0.15) is 0 Å². The summed E-state index contributed by atoms with van der Waals surface area (Å²) in [5.74, 6) is 0. The van der Waals surface area contributed by atoms with Crippen LogP contribution in [-0.2, 0) is 0 Å². The van der Waals surface area contributed by atoms with E-state index in [2.05, 4.69) is 47.1 Å². The third-order valence-corrected chi connectivity index (χ3v) is 1.45. The summed E-state index contributed by atoms with van der Waals surface area (Å²) in [5.41, 5.74) is 1.05. The van der Waals surface area contributed by atoms with Crippen molar-refractivity contribution in [1.82, 2.24) is 0 Å². The Kier molecular flexibility index (Phi) is 6.97. The highest BCUT2D eigenvalue weighted by molar-refractivity contribution is 14.1. The summed E-state index contributed by atoms with van der Waals surface area (Å²) in [4.78, 5) is 4.08. The zero-order valence-electron chi connectivity index (χ0n) is 5.34. The van der Waals surface area contributed by atoms with Gasteiger partial charge in [0.25, 0.3) is 0 Å². The van der Waals surface area contributed by atoms with Crippen LogP contribution in [0.3, 0.4) is 0 Å². The standard InChI is InChI=1S/C6H10INS/c1-2-3-6(4-9)8-5-7/h4-5,9H,2-3H2,1H3/b6-4-,8-5?. The van der Waals surface area contributed by atoms with Crippen LogP contribution >= 0.6 is 35.2 Å². The fraction of sp³-hybridized carbons (Fsp3) is 0.500. The van der Waals surface area contributed by atoms with Gasteiger partial charge in [0, 0.05) is 5.70 Å². The molecule has 0 fully saturated rings. The van der Waals surface area contributed by atoms with Crippen LogP contribution in [0, 0.1) is 0 Å². The van der Waals surface area contributed by atoms with Crippen molar-refractivity contribution < 1.29 is 0 Å². The number of rotatable bonds is 3. The van der Waals surface area contributed by atoms with Gasteiger partial charge in [-0.3, -0.25) is 4.99 Å². The summed E-state index contributed by atoms with van der Waals surface area (Å²) in [6.07, 6.45) is 2.14. The van der Waals surface area contributed by atoms with Crippen LogP contribution in [0.25, 0.3) is 0 Å². The zero-order valence-corrected chi connectivity index (χ0v) is 8.39. The van der Waals surface area contributed by atoms with E-state index in [4.69, 9.17) is 0 Å². The summed E-state index contributed by atoms with van der Waals surface area (Å²) >= 11 is 6.10. The maximum Gasteiger partial charge on any atom is 0.0654 e. The van der Waals surface area contributed by atoms with E-state index >= 15 is 0 Å². The highest BCUT2D eigenvalue weighted by Crippen LogP contribution is 2.06. The van der Waals surface area contributed by atoms with Gasteiger partial charge in [-0.05, 0) is 34.4 Å². The first kappa shape index (κ1) is 9.49. The van der Waals surface area contributed by atoms with Gasteiger partial charge in [0.2, 0.25) is 0 Å². The topological polar surface area (TPSA) is 12.4 Å². The van der Waals surface area contributed by atoms with Crippen LogP contribution in [0.2, 0.25) is 0 Å². The van der Waals surface area contributed by atoms with E-state index in [9.17, 15) is 0 Å². The highest BCUT2D eigenvalue weighted by atomic mass is 127. The van der Waals surface area contributed by atoms with Crippen molar-refractivity contribution in [1.29, 1.82) is 0 Å². The summed E-state index contributed by atoms with van der Waals surface area (Å²) in [6, 6.07) is 0. The molecule has 0 aliphatic rings. The summed E-state index contributed by atoms with van der Waals surface area (Å²) in [6.45, 7) is 2.12. The zero-order chi connectivity index (χ0) is 7.11. The predicted octanol–water partition coefficient (Wildman–Crippen LogP) is 3.02. The normalized spacial score (nSPS) is 13.0. The fourth-order valence-electron chi connectivity index (χ4n) is 0.481. The Morgan fingerprint density at radius 1 is 1.78 bits per heavy atom. The number of thiol groups is 1. The summed E-state index contributed by atoms with van der Waals surface area (Å²) in [7, 11) is 0. The molecular weight excluding hydrogens is 245 g/mol. The molecule has 0 unspecified atom stereocenters. The van der Waals surface area contributed by atoms with Gasteiger partial charge in [-0.1, -0.05) is 13.3 Å². The largest absolute Gasteiger partial charge is 0.254 e. The Labute approximate surface area is 75.2 Å². The molecule has 1 nitrogen and oxygen atoms in total. The van der Waals surface area contributed by atoms with Gasteiger partial charge in [0.05, 0.1) is 4.22 Å². The molecule has 0 saturated heterocycles. The minimum atomic E-state index is 1.02. The molecular formula is C6H10INS.